The number of carboxylic acids is 1. The number of nitrogens with one attached hydrogen (secondary N) is 1. The molecular formula is C20H27N3O3. The molecule has 1 aliphatic heterocycles. The number of H-pyrrole nitrogens is 1. The average Bonchev–Trinajstić information content (AvgIpc) is 2.97. The van der Waals surface area contributed by atoms with Crippen molar-refractivity contribution in [3.8, 4) is 5.75 Å². The van der Waals surface area contributed by atoms with Crippen molar-refractivity contribution >= 4 is 17.0 Å². The van der Waals surface area contributed by atoms with Crippen LogP contribution in [0.3, 0.4) is 0 Å². The maximum atomic E-state index is 11.3. The summed E-state index contributed by atoms with van der Waals surface area (Å²) in [5, 5.41) is 9.31. The molecule has 2 atom stereocenters. The minimum Gasteiger partial charge on any atom is -0.494 e. The molecular weight excluding hydrogens is 330 g/mol. The minimum absolute atomic E-state index is 0.221. The molecule has 1 saturated heterocycles. The second-order valence-corrected chi connectivity index (χ2v) is 7.73. The predicted molar refractivity (Wildman–Crippen MR) is 99.4 cm³/mol. The van der Waals surface area contributed by atoms with Crippen LogP contribution < -0.4 is 4.74 Å². The molecule has 1 aliphatic carbocycles. The molecule has 2 heterocycles. The smallest absolute Gasteiger partial charge is 0.303 e. The van der Waals surface area contributed by atoms with Crippen LogP contribution in [0.15, 0.2) is 18.2 Å². The summed E-state index contributed by atoms with van der Waals surface area (Å²) in [5.41, 5.74) is 1.83. The lowest BCUT2D eigenvalue weighted by molar-refractivity contribution is -0.139. The Morgan fingerprint density at radius 1 is 1.35 bits per heavy atom. The number of fused-ring (bicyclic) bond motifs is 1. The van der Waals surface area contributed by atoms with E-state index in [-0.39, 0.29) is 12.3 Å². The van der Waals surface area contributed by atoms with Crippen LogP contribution in [-0.4, -0.2) is 52.2 Å². The Morgan fingerprint density at radius 3 is 2.88 bits per heavy atom. The van der Waals surface area contributed by atoms with E-state index in [4.69, 9.17) is 9.72 Å². The molecule has 0 radical (unpaired) electrons. The lowest BCUT2D eigenvalue weighted by Gasteiger charge is -2.45. The molecule has 2 N–H and O–H groups in total. The number of methoxy groups -OCH3 is 1. The largest absolute Gasteiger partial charge is 0.494 e. The van der Waals surface area contributed by atoms with Gasteiger partial charge in [0.15, 0.2) is 0 Å². The van der Waals surface area contributed by atoms with Gasteiger partial charge in [-0.05, 0) is 49.8 Å². The summed E-state index contributed by atoms with van der Waals surface area (Å²) in [4.78, 5) is 22.1. The van der Waals surface area contributed by atoms with Crippen molar-refractivity contribution in [3.63, 3.8) is 0 Å². The Hall–Kier alpha value is -2.08. The summed E-state index contributed by atoms with van der Waals surface area (Å²) in [6.07, 6.45) is 5.92. The fourth-order valence-corrected chi connectivity index (χ4v) is 4.48. The van der Waals surface area contributed by atoms with Gasteiger partial charge in [0.2, 0.25) is 0 Å². The number of aromatic amines is 1. The van der Waals surface area contributed by atoms with Gasteiger partial charge in [0.25, 0.3) is 0 Å². The number of piperidine rings is 1. The molecule has 6 heteroatoms. The zero-order chi connectivity index (χ0) is 18.1. The van der Waals surface area contributed by atoms with E-state index >= 15 is 0 Å². The highest BCUT2D eigenvalue weighted by atomic mass is 16.5. The van der Waals surface area contributed by atoms with Gasteiger partial charge >= 0.3 is 5.97 Å². The van der Waals surface area contributed by atoms with Crippen LogP contribution >= 0.6 is 0 Å². The first kappa shape index (κ1) is 17.3. The van der Waals surface area contributed by atoms with E-state index in [0.29, 0.717) is 12.0 Å². The highest BCUT2D eigenvalue weighted by molar-refractivity contribution is 5.81. The summed E-state index contributed by atoms with van der Waals surface area (Å²) in [6.45, 7) is 2.02. The number of aromatic nitrogens is 2. The fraction of sp³-hybridized carbons (Fsp3) is 0.600. The Labute approximate surface area is 153 Å². The Morgan fingerprint density at radius 2 is 2.19 bits per heavy atom. The molecule has 1 aromatic carbocycles. The van der Waals surface area contributed by atoms with Crippen LogP contribution in [-0.2, 0) is 11.2 Å². The molecule has 26 heavy (non-hydrogen) atoms. The van der Waals surface area contributed by atoms with Gasteiger partial charge in [-0.1, -0.05) is 12.5 Å². The number of carbonyl (C=O) groups is 1. The van der Waals surface area contributed by atoms with E-state index in [1.54, 1.807) is 7.11 Å². The first-order chi connectivity index (χ1) is 12.6. The standard InChI is InChI=1S/C20H27N3O3/c1-26-17-7-3-6-16-20(17)22-18(21-16)10-14-12-23(15-4-2-5-15)9-8-13(14)11-19(24)25/h3,6-7,13-15H,2,4-5,8-12H2,1H3,(H,21,22)(H,24,25). The molecule has 0 spiro atoms. The van der Waals surface area contributed by atoms with Crippen molar-refractivity contribution in [2.45, 2.75) is 44.6 Å². The van der Waals surface area contributed by atoms with Crippen LogP contribution in [0, 0.1) is 11.8 Å². The van der Waals surface area contributed by atoms with E-state index < -0.39 is 5.97 Å². The number of nitrogens with zero attached hydrogens (tertiary/aromatic N) is 2. The van der Waals surface area contributed by atoms with E-state index in [1.807, 2.05) is 18.2 Å². The van der Waals surface area contributed by atoms with Crippen LogP contribution in [0.4, 0.5) is 0 Å². The number of hydrogen-bond acceptors (Lipinski definition) is 4. The van der Waals surface area contributed by atoms with Crippen LogP contribution in [0.25, 0.3) is 11.0 Å². The molecule has 0 bridgehead atoms. The van der Waals surface area contributed by atoms with Gasteiger partial charge in [0.1, 0.15) is 17.1 Å². The van der Waals surface area contributed by atoms with Gasteiger partial charge in [0.05, 0.1) is 12.6 Å². The molecule has 1 saturated carbocycles. The Bertz CT molecular complexity index is 784. The molecule has 6 nitrogen and oxygen atoms in total. The first-order valence-corrected chi connectivity index (χ1v) is 9.61. The maximum absolute atomic E-state index is 11.3. The minimum atomic E-state index is -0.691. The lowest BCUT2D eigenvalue weighted by atomic mass is 9.79. The quantitative estimate of drug-likeness (QED) is 0.831. The molecule has 0 amide bonds. The first-order valence-electron chi connectivity index (χ1n) is 9.61. The third-order valence-electron chi connectivity index (χ3n) is 6.15. The zero-order valence-electron chi connectivity index (χ0n) is 15.3. The molecule has 2 unspecified atom stereocenters. The van der Waals surface area contributed by atoms with Crippen molar-refractivity contribution in [2.24, 2.45) is 11.8 Å². The number of ether oxygens (including phenoxy) is 1. The summed E-state index contributed by atoms with van der Waals surface area (Å²) < 4.78 is 5.41. The van der Waals surface area contributed by atoms with Gasteiger partial charge < -0.3 is 19.7 Å². The highest BCUT2D eigenvalue weighted by Gasteiger charge is 2.35. The highest BCUT2D eigenvalue weighted by Crippen LogP contribution is 2.35. The number of para-hydroxylation sites is 1. The number of rotatable bonds is 6. The molecule has 2 aromatic rings. The van der Waals surface area contributed by atoms with Crippen LogP contribution in [0.1, 0.15) is 37.9 Å². The molecule has 1 aromatic heterocycles. The molecule has 140 valence electrons. The van der Waals surface area contributed by atoms with E-state index in [0.717, 1.165) is 48.5 Å². The lowest BCUT2D eigenvalue weighted by Crippen LogP contribution is -2.49. The van der Waals surface area contributed by atoms with E-state index in [1.165, 1.54) is 19.3 Å². The molecule has 4 rings (SSSR count). The van der Waals surface area contributed by atoms with E-state index in [9.17, 15) is 9.90 Å². The zero-order valence-corrected chi connectivity index (χ0v) is 15.3. The fourth-order valence-electron chi connectivity index (χ4n) is 4.48. The summed E-state index contributed by atoms with van der Waals surface area (Å²) in [5.74, 6) is 1.56. The number of hydrogen-bond donors (Lipinski definition) is 2. The van der Waals surface area contributed by atoms with Crippen LogP contribution in [0.5, 0.6) is 5.75 Å². The number of benzene rings is 1. The second kappa shape index (κ2) is 7.27. The number of imidazole rings is 1. The summed E-state index contributed by atoms with van der Waals surface area (Å²) in [7, 11) is 1.66. The molecule has 2 fully saturated rings. The van der Waals surface area contributed by atoms with Crippen molar-refractivity contribution in [1.82, 2.24) is 14.9 Å². The summed E-state index contributed by atoms with van der Waals surface area (Å²) >= 11 is 0. The number of likely N-dealkylation sites (tertiary alicyclic amines) is 1. The Kier molecular flexibility index (Phi) is 4.85. The van der Waals surface area contributed by atoms with Crippen molar-refractivity contribution in [2.75, 3.05) is 20.2 Å². The molecule has 2 aliphatic rings. The predicted octanol–water partition coefficient (Wildman–Crippen LogP) is 3.08. The van der Waals surface area contributed by atoms with Crippen LogP contribution in [0.2, 0.25) is 0 Å². The number of aliphatic carboxylic acids is 1. The topological polar surface area (TPSA) is 78.5 Å². The monoisotopic (exact) mass is 357 g/mol. The second-order valence-electron chi connectivity index (χ2n) is 7.73. The van der Waals surface area contributed by atoms with Gasteiger partial charge in [-0.25, -0.2) is 4.98 Å². The average molecular weight is 357 g/mol. The normalized spacial score (nSPS) is 24.5. The van der Waals surface area contributed by atoms with Crippen molar-refractivity contribution in [3.05, 3.63) is 24.0 Å². The SMILES string of the molecule is COc1cccc2[nH]c(CC3CN(C4CCC4)CCC3CC(=O)O)nc12. The van der Waals surface area contributed by atoms with Gasteiger partial charge in [-0.3, -0.25) is 4.79 Å². The Balaban J connectivity index is 1.54. The van der Waals surface area contributed by atoms with Gasteiger partial charge in [-0.15, -0.1) is 0 Å². The third-order valence-corrected chi connectivity index (χ3v) is 6.15. The van der Waals surface area contributed by atoms with Gasteiger partial charge in [-0.2, -0.15) is 0 Å². The van der Waals surface area contributed by atoms with E-state index in [2.05, 4.69) is 9.88 Å². The number of carboxylic acid groups (broad SMARTS) is 1. The third kappa shape index (κ3) is 3.43. The van der Waals surface area contributed by atoms with Crippen molar-refractivity contribution < 1.29 is 14.6 Å². The summed E-state index contributed by atoms with van der Waals surface area (Å²) in [6, 6.07) is 6.58. The van der Waals surface area contributed by atoms with Gasteiger partial charge in [0, 0.05) is 25.4 Å². The van der Waals surface area contributed by atoms with Crippen molar-refractivity contribution in [1.29, 1.82) is 0 Å². The maximum Gasteiger partial charge on any atom is 0.303 e.